The molecule has 0 saturated carbocycles. The number of imidazole rings is 1. The normalized spacial score (nSPS) is 23.1. The van der Waals surface area contributed by atoms with Crippen LogP contribution in [0.25, 0.3) is 0 Å². The lowest BCUT2D eigenvalue weighted by atomic mass is 9.75. The minimum Gasteiger partial charge on any atom is -0.472 e. The second-order valence-corrected chi connectivity index (χ2v) is 9.08. The Morgan fingerprint density at radius 2 is 2.09 bits per heavy atom. The Labute approximate surface area is 186 Å². The lowest BCUT2D eigenvalue weighted by Gasteiger charge is -2.27. The van der Waals surface area contributed by atoms with Gasteiger partial charge in [0.25, 0.3) is 5.91 Å². The first-order chi connectivity index (χ1) is 15.5. The first-order valence-electron chi connectivity index (χ1n) is 11.0. The van der Waals surface area contributed by atoms with Crippen molar-refractivity contribution in [2.75, 3.05) is 19.6 Å². The molecule has 2 atom stereocenters. The highest BCUT2D eigenvalue weighted by Gasteiger charge is 2.58. The zero-order chi connectivity index (χ0) is 22.3. The lowest BCUT2D eigenvalue weighted by Crippen LogP contribution is -2.40. The Morgan fingerprint density at radius 1 is 1.28 bits per heavy atom. The number of hydrogen-bond donors (Lipinski definition) is 0. The Hall–Kier alpha value is -3.42. The summed E-state index contributed by atoms with van der Waals surface area (Å²) in [4.78, 5) is 39.4. The largest absolute Gasteiger partial charge is 0.472 e. The minimum absolute atomic E-state index is 0.0981. The maximum Gasteiger partial charge on any atom is 0.257 e. The van der Waals surface area contributed by atoms with Crippen LogP contribution in [-0.2, 0) is 11.3 Å². The highest BCUT2D eigenvalue weighted by atomic mass is 16.3. The zero-order valence-corrected chi connectivity index (χ0v) is 18.3. The maximum absolute atomic E-state index is 13.8. The van der Waals surface area contributed by atoms with Crippen LogP contribution in [0.15, 0.2) is 60.1 Å². The number of furan rings is 1. The van der Waals surface area contributed by atoms with Crippen LogP contribution in [0.3, 0.4) is 0 Å². The van der Waals surface area contributed by atoms with Gasteiger partial charge in [-0.05, 0) is 44.0 Å². The Morgan fingerprint density at radius 3 is 2.78 bits per heavy atom. The monoisotopic (exact) mass is 433 g/mol. The molecule has 8 nitrogen and oxygen atoms in total. The van der Waals surface area contributed by atoms with Crippen molar-refractivity contribution in [2.24, 2.45) is 5.41 Å². The summed E-state index contributed by atoms with van der Waals surface area (Å²) >= 11 is 0. The van der Waals surface area contributed by atoms with Gasteiger partial charge in [0.1, 0.15) is 6.26 Å². The van der Waals surface area contributed by atoms with Crippen LogP contribution in [0.1, 0.15) is 53.8 Å². The van der Waals surface area contributed by atoms with E-state index in [1.54, 1.807) is 23.4 Å². The van der Waals surface area contributed by atoms with Gasteiger partial charge in [0.2, 0.25) is 5.91 Å². The smallest absolute Gasteiger partial charge is 0.257 e. The molecule has 0 radical (unpaired) electrons. The lowest BCUT2D eigenvalue weighted by molar-refractivity contribution is -0.136. The van der Waals surface area contributed by atoms with E-state index in [1.165, 1.54) is 12.5 Å². The van der Waals surface area contributed by atoms with Crippen LogP contribution in [0.4, 0.5) is 0 Å². The number of rotatable bonds is 5. The van der Waals surface area contributed by atoms with Gasteiger partial charge in [-0.1, -0.05) is 0 Å². The molecule has 5 heterocycles. The van der Waals surface area contributed by atoms with E-state index < -0.39 is 5.41 Å². The molecule has 2 aliphatic rings. The Bertz CT molecular complexity index is 1110. The quantitative estimate of drug-likeness (QED) is 0.617. The van der Waals surface area contributed by atoms with Gasteiger partial charge >= 0.3 is 0 Å². The molecule has 0 aliphatic carbocycles. The van der Waals surface area contributed by atoms with E-state index in [-0.39, 0.29) is 23.8 Å². The van der Waals surface area contributed by atoms with Crippen LogP contribution >= 0.6 is 0 Å². The van der Waals surface area contributed by atoms with Crippen LogP contribution < -0.4 is 0 Å². The van der Waals surface area contributed by atoms with E-state index in [1.807, 2.05) is 29.6 Å². The number of carbonyl (C=O) groups is 2. The Balaban J connectivity index is 1.47. The molecule has 8 heteroatoms. The maximum atomic E-state index is 13.8. The Kier molecular flexibility index (Phi) is 5.07. The number of pyridine rings is 1. The molecule has 2 fully saturated rings. The van der Waals surface area contributed by atoms with Crippen molar-refractivity contribution in [3.05, 3.63) is 72.5 Å². The fourth-order valence-electron chi connectivity index (χ4n) is 5.01. The molecule has 2 saturated heterocycles. The van der Waals surface area contributed by atoms with Gasteiger partial charge in [0, 0.05) is 56.7 Å². The van der Waals surface area contributed by atoms with Gasteiger partial charge < -0.3 is 18.8 Å². The van der Waals surface area contributed by atoms with Gasteiger partial charge in [-0.15, -0.1) is 0 Å². The molecule has 3 aromatic heterocycles. The average molecular weight is 434 g/mol. The summed E-state index contributed by atoms with van der Waals surface area (Å²) in [6, 6.07) is 5.81. The van der Waals surface area contributed by atoms with Crippen molar-refractivity contribution >= 4 is 11.8 Å². The summed E-state index contributed by atoms with van der Waals surface area (Å²) < 4.78 is 7.17. The molecule has 32 heavy (non-hydrogen) atoms. The standard InChI is InChI=1S/C24H27N5O3/c1-17(2)29-13-21(26-16-29)20-12-28(22(30)19-5-10-32-14-19)15-24(20)6-9-27(23(24)31)11-18-3-7-25-8-4-18/h3-5,7-8,10,13-14,16-17,20H,6,9,11-12,15H2,1-2H3/t20-,24-/m0/s1. The van der Waals surface area contributed by atoms with Gasteiger partial charge in [0.05, 0.1) is 29.3 Å². The van der Waals surface area contributed by atoms with E-state index in [9.17, 15) is 9.59 Å². The first-order valence-corrected chi connectivity index (χ1v) is 11.0. The van der Waals surface area contributed by atoms with Crippen molar-refractivity contribution in [2.45, 2.75) is 38.8 Å². The highest BCUT2D eigenvalue weighted by Crippen LogP contribution is 2.50. The molecule has 0 N–H and O–H groups in total. The van der Waals surface area contributed by atoms with E-state index >= 15 is 0 Å². The summed E-state index contributed by atoms with van der Waals surface area (Å²) in [5.74, 6) is -0.154. The van der Waals surface area contributed by atoms with Gasteiger partial charge in [-0.25, -0.2) is 4.98 Å². The molecular weight excluding hydrogens is 406 g/mol. The summed E-state index contributed by atoms with van der Waals surface area (Å²) in [5.41, 5.74) is 1.77. The van der Waals surface area contributed by atoms with Crippen molar-refractivity contribution in [1.82, 2.24) is 24.3 Å². The highest BCUT2D eigenvalue weighted by molar-refractivity contribution is 5.95. The number of amides is 2. The summed E-state index contributed by atoms with van der Waals surface area (Å²) in [6.07, 6.45) is 11.0. The van der Waals surface area contributed by atoms with Crippen LogP contribution in [0.5, 0.6) is 0 Å². The molecular formula is C24H27N5O3. The average Bonchev–Trinajstić information content (AvgIpc) is 3.58. The third-order valence-electron chi connectivity index (χ3n) is 6.84. The molecule has 0 unspecified atom stereocenters. The van der Waals surface area contributed by atoms with Crippen LogP contribution in [0.2, 0.25) is 0 Å². The number of carbonyl (C=O) groups excluding carboxylic acids is 2. The van der Waals surface area contributed by atoms with Gasteiger partial charge in [0.15, 0.2) is 0 Å². The molecule has 5 rings (SSSR count). The van der Waals surface area contributed by atoms with Crippen molar-refractivity contribution < 1.29 is 14.0 Å². The fraction of sp³-hybridized carbons (Fsp3) is 0.417. The predicted octanol–water partition coefficient (Wildman–Crippen LogP) is 3.11. The zero-order valence-electron chi connectivity index (χ0n) is 18.3. The van der Waals surface area contributed by atoms with Crippen molar-refractivity contribution in [1.29, 1.82) is 0 Å². The third-order valence-corrected chi connectivity index (χ3v) is 6.84. The predicted molar refractivity (Wildman–Crippen MR) is 117 cm³/mol. The second-order valence-electron chi connectivity index (χ2n) is 9.08. The fourth-order valence-corrected chi connectivity index (χ4v) is 5.01. The molecule has 2 amide bonds. The van der Waals surface area contributed by atoms with E-state index in [0.29, 0.717) is 38.2 Å². The molecule has 2 aliphatic heterocycles. The van der Waals surface area contributed by atoms with Gasteiger partial charge in [-0.2, -0.15) is 0 Å². The molecule has 0 aromatic carbocycles. The number of nitrogens with zero attached hydrogens (tertiary/aromatic N) is 5. The molecule has 166 valence electrons. The van der Waals surface area contributed by atoms with Crippen LogP contribution in [0, 0.1) is 5.41 Å². The second kappa shape index (κ2) is 7.93. The number of likely N-dealkylation sites (tertiary alicyclic amines) is 2. The van der Waals surface area contributed by atoms with Crippen molar-refractivity contribution in [3.63, 3.8) is 0 Å². The SMILES string of the molecule is CC(C)n1cnc([C@@H]2CN(C(=O)c3ccoc3)C[C@@]23CCN(Cc2ccncc2)C3=O)c1. The van der Waals surface area contributed by atoms with Crippen LogP contribution in [-0.4, -0.2) is 55.8 Å². The first kappa shape index (κ1) is 20.5. The summed E-state index contributed by atoms with van der Waals surface area (Å²) in [7, 11) is 0. The number of aromatic nitrogens is 3. The summed E-state index contributed by atoms with van der Waals surface area (Å²) in [6.45, 7) is 6.27. The molecule has 1 spiro atoms. The molecule has 0 bridgehead atoms. The van der Waals surface area contributed by atoms with E-state index in [2.05, 4.69) is 28.4 Å². The molecule has 3 aromatic rings. The number of hydrogen-bond acceptors (Lipinski definition) is 5. The topological polar surface area (TPSA) is 84.5 Å². The van der Waals surface area contributed by atoms with E-state index in [4.69, 9.17) is 4.42 Å². The van der Waals surface area contributed by atoms with Gasteiger partial charge in [-0.3, -0.25) is 14.6 Å². The third kappa shape index (κ3) is 3.39. The minimum atomic E-state index is -0.664. The van der Waals surface area contributed by atoms with Crippen molar-refractivity contribution in [3.8, 4) is 0 Å². The van der Waals surface area contributed by atoms with E-state index in [0.717, 1.165) is 11.3 Å². The summed E-state index contributed by atoms with van der Waals surface area (Å²) in [5, 5.41) is 0.